The van der Waals surface area contributed by atoms with Crippen molar-refractivity contribution in [2.24, 2.45) is 0 Å². The molecule has 0 spiro atoms. The lowest BCUT2D eigenvalue weighted by Gasteiger charge is -2.12. The zero-order valence-electron chi connectivity index (χ0n) is 24.4. The van der Waals surface area contributed by atoms with Crippen LogP contribution < -0.4 is 0 Å². The second-order valence-corrected chi connectivity index (χ2v) is 12.2. The van der Waals surface area contributed by atoms with E-state index < -0.39 is 0 Å². The van der Waals surface area contributed by atoms with Crippen molar-refractivity contribution in [2.45, 2.75) is 0 Å². The summed E-state index contributed by atoms with van der Waals surface area (Å²) >= 11 is 1.81. The first-order valence-corrected chi connectivity index (χ1v) is 15.8. The summed E-state index contributed by atoms with van der Waals surface area (Å²) in [5.41, 5.74) is 6.09. The molecule has 9 rings (SSSR count). The zero-order chi connectivity index (χ0) is 30.6. The molecule has 0 saturated carbocycles. The fraction of sp³-hybridized carbons (Fsp3) is 0. The van der Waals surface area contributed by atoms with Crippen LogP contribution in [0.2, 0.25) is 0 Å². The molecule has 214 valence electrons. The van der Waals surface area contributed by atoms with Crippen LogP contribution in [0.25, 0.3) is 81.8 Å². The molecule has 0 radical (unpaired) electrons. The summed E-state index contributed by atoms with van der Waals surface area (Å²) in [4.78, 5) is 14.6. The van der Waals surface area contributed by atoms with E-state index in [0.29, 0.717) is 28.6 Å². The Morgan fingerprint density at radius 3 is 1.87 bits per heavy atom. The van der Waals surface area contributed by atoms with E-state index in [0.717, 1.165) is 27.8 Å². The smallest absolute Gasteiger partial charge is 0.165 e. The molecule has 0 amide bonds. The average Bonchev–Trinajstić information content (AvgIpc) is 3.68. The maximum atomic E-state index is 10.5. The number of thiophene rings is 1. The van der Waals surface area contributed by atoms with Gasteiger partial charge in [0.1, 0.15) is 0 Å². The number of nitrogens with zero attached hydrogens (tertiary/aromatic N) is 5. The number of nitriles is 1. The summed E-state index contributed by atoms with van der Waals surface area (Å²) in [5, 5.41) is 15.4. The van der Waals surface area contributed by atoms with Crippen LogP contribution in [0.15, 0.2) is 140 Å². The third-order valence-electron chi connectivity index (χ3n) is 8.50. The van der Waals surface area contributed by atoms with Crippen LogP contribution in [0.5, 0.6) is 0 Å². The van der Waals surface area contributed by atoms with Gasteiger partial charge in [0.2, 0.25) is 0 Å². The van der Waals surface area contributed by atoms with Gasteiger partial charge in [-0.05, 0) is 30.3 Å². The molecule has 6 heteroatoms. The van der Waals surface area contributed by atoms with Gasteiger partial charge < -0.3 is 4.57 Å². The second kappa shape index (κ2) is 10.5. The molecule has 9 aromatic rings. The molecule has 3 aromatic heterocycles. The van der Waals surface area contributed by atoms with E-state index in [1.165, 1.54) is 30.9 Å². The van der Waals surface area contributed by atoms with Crippen LogP contribution in [0, 0.1) is 11.3 Å². The van der Waals surface area contributed by atoms with Crippen molar-refractivity contribution in [3.63, 3.8) is 0 Å². The number of hydrogen-bond donors (Lipinski definition) is 0. The van der Waals surface area contributed by atoms with Crippen molar-refractivity contribution >= 4 is 53.3 Å². The van der Waals surface area contributed by atoms with Crippen LogP contribution in [0.4, 0.5) is 0 Å². The highest BCUT2D eigenvalue weighted by molar-refractivity contribution is 7.26. The quantitative estimate of drug-likeness (QED) is 0.200. The van der Waals surface area contributed by atoms with E-state index in [4.69, 9.17) is 15.0 Å². The Labute approximate surface area is 268 Å². The number of hydrogen-bond acceptors (Lipinski definition) is 5. The molecule has 0 saturated heterocycles. The Morgan fingerprint density at radius 1 is 0.543 bits per heavy atom. The van der Waals surface area contributed by atoms with Crippen LogP contribution in [0.3, 0.4) is 0 Å². The molecule has 0 aliphatic carbocycles. The minimum Gasteiger partial charge on any atom is -0.308 e. The van der Waals surface area contributed by atoms with Crippen LogP contribution in [-0.4, -0.2) is 19.5 Å². The van der Waals surface area contributed by atoms with Crippen molar-refractivity contribution in [1.82, 2.24) is 19.5 Å². The highest BCUT2D eigenvalue weighted by Gasteiger charge is 2.20. The van der Waals surface area contributed by atoms with Crippen LogP contribution >= 0.6 is 11.3 Å². The van der Waals surface area contributed by atoms with Gasteiger partial charge in [-0.25, -0.2) is 15.0 Å². The molecule has 6 aromatic carbocycles. The fourth-order valence-electron chi connectivity index (χ4n) is 6.39. The lowest BCUT2D eigenvalue weighted by atomic mass is 10.1. The highest BCUT2D eigenvalue weighted by Crippen LogP contribution is 2.43. The summed E-state index contributed by atoms with van der Waals surface area (Å²) in [5.74, 6) is 1.59. The molecular formula is C40H23N5S. The SMILES string of the molecule is N#Cc1cc(-n2c3ccccc3c3ccc4c5ccccc5sc4c32)ccc1-c1nc(-c2ccccc2)nc(-c2ccccc2)n1. The molecule has 3 heterocycles. The van der Waals surface area contributed by atoms with Gasteiger partial charge in [-0.1, -0.05) is 109 Å². The standard InChI is InChI=1S/C40H23N5S/c41-24-27-23-28(19-20-29(27)40-43-38(25-11-3-1-4-12-25)42-39(44-40)26-13-5-2-6-14-26)45-34-17-9-7-15-30(34)32-21-22-33-31-16-8-10-18-35(31)46-37(33)36(32)45/h1-23H. The molecule has 0 aliphatic rings. The summed E-state index contributed by atoms with van der Waals surface area (Å²) in [6.07, 6.45) is 0. The highest BCUT2D eigenvalue weighted by atomic mass is 32.1. The number of fused-ring (bicyclic) bond motifs is 7. The Morgan fingerprint density at radius 2 is 1.15 bits per heavy atom. The molecule has 0 N–H and O–H groups in total. The van der Waals surface area contributed by atoms with E-state index in [2.05, 4.69) is 77.4 Å². The summed E-state index contributed by atoms with van der Waals surface area (Å²) < 4.78 is 4.79. The largest absolute Gasteiger partial charge is 0.308 e. The van der Waals surface area contributed by atoms with Gasteiger partial charge in [0.25, 0.3) is 0 Å². The van der Waals surface area contributed by atoms with Crippen molar-refractivity contribution in [1.29, 1.82) is 5.26 Å². The van der Waals surface area contributed by atoms with Crippen molar-refractivity contribution < 1.29 is 0 Å². The van der Waals surface area contributed by atoms with E-state index >= 15 is 0 Å². The van der Waals surface area contributed by atoms with Crippen molar-refractivity contribution in [3.8, 4) is 45.9 Å². The van der Waals surface area contributed by atoms with E-state index in [-0.39, 0.29) is 0 Å². The molecule has 0 atom stereocenters. The van der Waals surface area contributed by atoms with E-state index in [9.17, 15) is 5.26 Å². The summed E-state index contributed by atoms with van der Waals surface area (Å²) in [6, 6.07) is 49.7. The first kappa shape index (κ1) is 26.3. The summed E-state index contributed by atoms with van der Waals surface area (Å²) in [6.45, 7) is 0. The van der Waals surface area contributed by atoms with Gasteiger partial charge >= 0.3 is 0 Å². The van der Waals surface area contributed by atoms with Crippen LogP contribution in [0.1, 0.15) is 5.56 Å². The predicted molar refractivity (Wildman–Crippen MR) is 188 cm³/mol. The molecule has 46 heavy (non-hydrogen) atoms. The Kier molecular flexibility index (Phi) is 5.98. The van der Waals surface area contributed by atoms with Gasteiger partial charge in [0, 0.05) is 48.6 Å². The van der Waals surface area contributed by atoms with Crippen LogP contribution in [-0.2, 0) is 0 Å². The van der Waals surface area contributed by atoms with Gasteiger partial charge in [-0.15, -0.1) is 11.3 Å². The van der Waals surface area contributed by atoms with E-state index in [1.54, 1.807) is 0 Å². The Hall–Kier alpha value is -6.16. The molecule has 0 fully saturated rings. The predicted octanol–water partition coefficient (Wildman–Crippen LogP) is 10.2. The number of para-hydroxylation sites is 1. The lowest BCUT2D eigenvalue weighted by molar-refractivity contribution is 1.07. The average molecular weight is 606 g/mol. The monoisotopic (exact) mass is 605 g/mol. The first-order valence-electron chi connectivity index (χ1n) is 15.0. The molecular weight excluding hydrogens is 583 g/mol. The molecule has 5 nitrogen and oxygen atoms in total. The summed E-state index contributed by atoms with van der Waals surface area (Å²) in [7, 11) is 0. The fourth-order valence-corrected chi connectivity index (χ4v) is 7.63. The number of benzene rings is 6. The second-order valence-electron chi connectivity index (χ2n) is 11.2. The van der Waals surface area contributed by atoms with Gasteiger partial charge in [-0.2, -0.15) is 5.26 Å². The lowest BCUT2D eigenvalue weighted by Crippen LogP contribution is -2.02. The molecule has 0 aliphatic heterocycles. The molecule has 0 unspecified atom stereocenters. The minimum absolute atomic E-state index is 0.463. The minimum atomic E-state index is 0.463. The van der Waals surface area contributed by atoms with Crippen molar-refractivity contribution in [2.75, 3.05) is 0 Å². The number of aromatic nitrogens is 4. The van der Waals surface area contributed by atoms with Gasteiger partial charge in [0.15, 0.2) is 17.5 Å². The van der Waals surface area contributed by atoms with Crippen molar-refractivity contribution in [3.05, 3.63) is 145 Å². The topological polar surface area (TPSA) is 67.4 Å². The third-order valence-corrected chi connectivity index (χ3v) is 9.69. The Bertz CT molecular complexity index is 2590. The zero-order valence-corrected chi connectivity index (χ0v) is 25.2. The van der Waals surface area contributed by atoms with Gasteiger partial charge in [0.05, 0.1) is 27.4 Å². The maximum absolute atomic E-state index is 10.5. The molecule has 0 bridgehead atoms. The van der Waals surface area contributed by atoms with Gasteiger partial charge in [-0.3, -0.25) is 0 Å². The third kappa shape index (κ3) is 4.11. The van der Waals surface area contributed by atoms with E-state index in [1.807, 2.05) is 84.1 Å². The normalized spacial score (nSPS) is 11.5. The number of rotatable bonds is 4. The maximum Gasteiger partial charge on any atom is 0.165 e. The Balaban J connectivity index is 1.28. The first-order chi connectivity index (χ1) is 22.8.